The Morgan fingerprint density at radius 2 is 2.00 bits per heavy atom. The smallest absolute Gasteiger partial charge is 0.358 e. The van der Waals surface area contributed by atoms with Crippen LogP contribution in [0.4, 0.5) is 5.82 Å². The summed E-state index contributed by atoms with van der Waals surface area (Å²) >= 11 is 0. The average molecular weight is 256 g/mol. The zero-order chi connectivity index (χ0) is 14.0. The quantitative estimate of drug-likeness (QED) is 0.623. The van der Waals surface area contributed by atoms with E-state index in [0.717, 1.165) is 11.1 Å². The van der Waals surface area contributed by atoms with E-state index in [2.05, 4.69) is 5.10 Å². The largest absolute Gasteiger partial charge is 0.408 e. The number of nitrogens with zero attached hydrogens (tertiary/aromatic N) is 4. The predicted molar refractivity (Wildman–Crippen MR) is 68.6 cm³/mol. The van der Waals surface area contributed by atoms with Gasteiger partial charge in [0, 0.05) is 0 Å². The van der Waals surface area contributed by atoms with Crippen LogP contribution in [0.25, 0.3) is 0 Å². The van der Waals surface area contributed by atoms with Crippen LogP contribution in [0.2, 0.25) is 0 Å². The van der Waals surface area contributed by atoms with Gasteiger partial charge in [-0.05, 0) is 24.3 Å². The molecule has 6 heteroatoms. The predicted octanol–water partition coefficient (Wildman–Crippen LogP) is 2.33. The Morgan fingerprint density at radius 1 is 1.37 bits per heavy atom. The van der Waals surface area contributed by atoms with Gasteiger partial charge in [-0.2, -0.15) is 9.94 Å². The van der Waals surface area contributed by atoms with Crippen LogP contribution < -0.4 is 0 Å². The first-order valence-electron chi connectivity index (χ1n) is 5.70. The van der Waals surface area contributed by atoms with Crippen molar-refractivity contribution in [1.29, 1.82) is 5.26 Å². The summed E-state index contributed by atoms with van der Waals surface area (Å²) in [6.07, 6.45) is 0. The molecule has 0 radical (unpaired) electrons. The number of benzene rings is 1. The van der Waals surface area contributed by atoms with E-state index in [1.165, 1.54) is 4.68 Å². The van der Waals surface area contributed by atoms with Gasteiger partial charge in [-0.1, -0.05) is 29.8 Å². The number of hydrogen-bond donors (Lipinski definition) is 0. The van der Waals surface area contributed by atoms with Gasteiger partial charge in [0.1, 0.15) is 6.07 Å². The second kappa shape index (κ2) is 4.90. The summed E-state index contributed by atoms with van der Waals surface area (Å²) in [7, 11) is 0. The van der Waals surface area contributed by atoms with Crippen molar-refractivity contribution in [3.05, 3.63) is 56.8 Å². The van der Waals surface area contributed by atoms with Crippen molar-refractivity contribution in [2.45, 2.75) is 20.4 Å². The molecule has 96 valence electrons. The summed E-state index contributed by atoms with van der Waals surface area (Å²) < 4.78 is 1.49. The van der Waals surface area contributed by atoms with Gasteiger partial charge in [-0.15, -0.1) is 0 Å². The molecule has 0 N–H and O–H groups in total. The highest BCUT2D eigenvalue weighted by molar-refractivity contribution is 5.46. The highest BCUT2D eigenvalue weighted by Gasteiger charge is 2.25. The summed E-state index contributed by atoms with van der Waals surface area (Å²) in [5.74, 6) is -0.382. The summed E-state index contributed by atoms with van der Waals surface area (Å²) in [6, 6.07) is 9.65. The van der Waals surface area contributed by atoms with Gasteiger partial charge in [0.25, 0.3) is 0 Å². The van der Waals surface area contributed by atoms with Crippen molar-refractivity contribution in [2.24, 2.45) is 0 Å². The van der Waals surface area contributed by atoms with E-state index >= 15 is 0 Å². The Morgan fingerprint density at radius 3 is 2.47 bits per heavy atom. The third kappa shape index (κ3) is 2.45. The maximum atomic E-state index is 10.8. The van der Waals surface area contributed by atoms with Crippen molar-refractivity contribution in [2.75, 3.05) is 0 Å². The highest BCUT2D eigenvalue weighted by Crippen LogP contribution is 2.20. The molecule has 2 rings (SSSR count). The van der Waals surface area contributed by atoms with Crippen LogP contribution in [0.1, 0.15) is 22.4 Å². The lowest BCUT2D eigenvalue weighted by Crippen LogP contribution is -2.04. The summed E-state index contributed by atoms with van der Waals surface area (Å²) in [4.78, 5) is 10.2. The van der Waals surface area contributed by atoms with Crippen molar-refractivity contribution in [1.82, 2.24) is 9.78 Å². The molecule has 0 aliphatic heterocycles. The number of aromatic nitrogens is 2. The van der Waals surface area contributed by atoms with Crippen LogP contribution >= 0.6 is 0 Å². The Kier molecular flexibility index (Phi) is 3.29. The molecular weight excluding hydrogens is 244 g/mol. The minimum atomic E-state index is -0.628. The fourth-order valence-corrected chi connectivity index (χ4v) is 1.81. The van der Waals surface area contributed by atoms with Crippen LogP contribution in [0.3, 0.4) is 0 Å². The molecule has 0 saturated carbocycles. The first kappa shape index (κ1) is 12.8. The van der Waals surface area contributed by atoms with Gasteiger partial charge in [0.2, 0.25) is 0 Å². The lowest BCUT2D eigenvalue weighted by Gasteiger charge is -2.01. The zero-order valence-corrected chi connectivity index (χ0v) is 10.6. The third-order valence-electron chi connectivity index (χ3n) is 2.93. The van der Waals surface area contributed by atoms with Gasteiger partial charge in [-0.25, -0.2) is 0 Å². The molecule has 0 atom stereocenters. The molecule has 2 aromatic rings. The Balaban J connectivity index is 2.39. The monoisotopic (exact) mass is 256 g/mol. The first-order valence-corrected chi connectivity index (χ1v) is 5.70. The van der Waals surface area contributed by atoms with Crippen molar-refractivity contribution in [3.63, 3.8) is 0 Å². The minimum Gasteiger partial charge on any atom is -0.358 e. The van der Waals surface area contributed by atoms with E-state index in [-0.39, 0.29) is 11.4 Å². The van der Waals surface area contributed by atoms with Gasteiger partial charge in [0.15, 0.2) is 5.56 Å². The second-order valence-electron chi connectivity index (χ2n) is 4.30. The van der Waals surface area contributed by atoms with Gasteiger partial charge in [-0.3, -0.25) is 0 Å². The number of aryl methyl sites for hydroxylation is 1. The van der Waals surface area contributed by atoms with E-state index in [9.17, 15) is 10.1 Å². The minimum absolute atomic E-state index is 0.0251. The summed E-state index contributed by atoms with van der Waals surface area (Å²) in [5, 5.41) is 23.7. The zero-order valence-electron chi connectivity index (χ0n) is 10.6. The third-order valence-corrected chi connectivity index (χ3v) is 2.93. The number of hydrogen-bond acceptors (Lipinski definition) is 4. The maximum absolute atomic E-state index is 10.8. The average Bonchev–Trinajstić information content (AvgIpc) is 2.69. The first-order chi connectivity index (χ1) is 9.02. The van der Waals surface area contributed by atoms with Gasteiger partial charge >= 0.3 is 5.82 Å². The number of nitro groups is 1. The number of nitriles is 1. The van der Waals surface area contributed by atoms with Crippen molar-refractivity contribution in [3.8, 4) is 6.07 Å². The fraction of sp³-hybridized carbons (Fsp3) is 0.231. The molecular formula is C13H12N4O2. The Bertz CT molecular complexity index is 665. The number of rotatable bonds is 3. The SMILES string of the molecule is Cc1ccc(Cn2nc([N+](=O)[O-])c(C#N)c2C)cc1. The molecule has 6 nitrogen and oxygen atoms in total. The molecule has 0 bridgehead atoms. The molecule has 19 heavy (non-hydrogen) atoms. The topological polar surface area (TPSA) is 84.8 Å². The molecule has 1 aromatic carbocycles. The molecule has 0 amide bonds. The molecule has 1 aromatic heterocycles. The molecule has 0 fully saturated rings. The van der Waals surface area contributed by atoms with Crippen molar-refractivity contribution < 1.29 is 4.92 Å². The molecule has 0 aliphatic rings. The second-order valence-corrected chi connectivity index (χ2v) is 4.30. The van der Waals surface area contributed by atoms with E-state index < -0.39 is 4.92 Å². The van der Waals surface area contributed by atoms with Crippen LogP contribution in [0, 0.1) is 35.3 Å². The lowest BCUT2D eigenvalue weighted by atomic mass is 10.1. The lowest BCUT2D eigenvalue weighted by molar-refractivity contribution is -0.390. The van der Waals surface area contributed by atoms with E-state index in [1.54, 1.807) is 6.92 Å². The van der Waals surface area contributed by atoms with Crippen LogP contribution in [0.15, 0.2) is 24.3 Å². The van der Waals surface area contributed by atoms with Crippen LogP contribution in [0.5, 0.6) is 0 Å². The molecule has 0 spiro atoms. The molecule has 0 aliphatic carbocycles. The van der Waals surface area contributed by atoms with Crippen molar-refractivity contribution >= 4 is 5.82 Å². The standard InChI is InChI=1S/C13H12N4O2/c1-9-3-5-11(6-4-9)8-16-10(2)12(7-14)13(15-16)17(18)19/h3-6H,8H2,1-2H3. The Labute approximate surface area is 110 Å². The fourth-order valence-electron chi connectivity index (χ4n) is 1.81. The van der Waals surface area contributed by atoms with E-state index in [0.29, 0.717) is 12.2 Å². The van der Waals surface area contributed by atoms with Crippen LogP contribution in [-0.2, 0) is 6.54 Å². The van der Waals surface area contributed by atoms with Gasteiger partial charge < -0.3 is 10.1 Å². The molecule has 0 saturated heterocycles. The Hall–Kier alpha value is -2.68. The molecule has 1 heterocycles. The van der Waals surface area contributed by atoms with Gasteiger partial charge in [0.05, 0.1) is 17.3 Å². The summed E-state index contributed by atoms with van der Waals surface area (Å²) in [5.41, 5.74) is 2.66. The molecule has 0 unspecified atom stereocenters. The van der Waals surface area contributed by atoms with E-state index in [1.807, 2.05) is 37.3 Å². The maximum Gasteiger partial charge on any atom is 0.408 e. The normalized spacial score (nSPS) is 10.2. The van der Waals surface area contributed by atoms with Crippen LogP contribution in [-0.4, -0.2) is 14.7 Å². The highest BCUT2D eigenvalue weighted by atomic mass is 16.6. The summed E-state index contributed by atoms with van der Waals surface area (Å²) in [6.45, 7) is 4.06. The van der Waals surface area contributed by atoms with E-state index in [4.69, 9.17) is 5.26 Å².